The summed E-state index contributed by atoms with van der Waals surface area (Å²) in [4.78, 5) is 21.2. The van der Waals surface area contributed by atoms with Gasteiger partial charge in [0.1, 0.15) is 5.57 Å². The zero-order chi connectivity index (χ0) is 8.85. The van der Waals surface area contributed by atoms with Crippen LogP contribution in [0.25, 0.3) is 0 Å². The van der Waals surface area contributed by atoms with Gasteiger partial charge in [0.15, 0.2) is 0 Å². The summed E-state index contributed by atoms with van der Waals surface area (Å²) >= 11 is 0. The molecule has 4 nitrogen and oxygen atoms in total. The molecule has 0 aromatic rings. The summed E-state index contributed by atoms with van der Waals surface area (Å²) in [7, 11) is 1.08. The van der Waals surface area contributed by atoms with Gasteiger partial charge in [-0.1, -0.05) is 0 Å². The monoisotopic (exact) mass is 154 g/mol. The zero-order valence-corrected chi connectivity index (χ0v) is 5.83. The highest BCUT2D eigenvalue weighted by atomic mass is 16.5. The van der Waals surface area contributed by atoms with Crippen molar-refractivity contribution in [1.29, 1.82) is 0 Å². The van der Waals surface area contributed by atoms with Crippen LogP contribution in [0.1, 0.15) is 0 Å². The van der Waals surface area contributed by atoms with Crippen LogP contribution in [0.3, 0.4) is 0 Å². The number of ether oxygens (including phenoxy) is 1. The number of rotatable bonds is 2. The van der Waals surface area contributed by atoms with E-state index in [1.807, 2.05) is 0 Å². The van der Waals surface area contributed by atoms with Crippen LogP contribution in [0.2, 0.25) is 0 Å². The van der Waals surface area contributed by atoms with E-state index in [4.69, 9.17) is 5.11 Å². The van der Waals surface area contributed by atoms with Crippen molar-refractivity contribution in [2.24, 2.45) is 0 Å². The molecule has 0 bridgehead atoms. The Morgan fingerprint density at radius 2 is 2.18 bits per heavy atom. The number of esters is 1. The highest BCUT2D eigenvalue weighted by Gasteiger charge is 2.16. The minimum absolute atomic E-state index is 0.327. The van der Waals surface area contributed by atoms with E-state index in [2.05, 4.69) is 11.2 Å². The molecule has 0 heterocycles. The first kappa shape index (κ1) is 9.24. The van der Waals surface area contributed by atoms with E-state index in [0.29, 0.717) is 6.26 Å². The van der Waals surface area contributed by atoms with Gasteiger partial charge < -0.3 is 9.84 Å². The number of aliphatic hydroxyl groups excluding tert-OH is 1. The minimum Gasteiger partial charge on any atom is -0.515 e. The van der Waals surface area contributed by atoms with Crippen LogP contribution < -0.4 is 0 Å². The lowest BCUT2D eigenvalue weighted by molar-refractivity contribution is -0.137. The van der Waals surface area contributed by atoms with Gasteiger partial charge in [-0.05, 0) is 5.92 Å². The van der Waals surface area contributed by atoms with Crippen LogP contribution in [0.4, 0.5) is 0 Å². The number of carbonyl (C=O) groups is 2. The van der Waals surface area contributed by atoms with Crippen molar-refractivity contribution in [1.82, 2.24) is 0 Å². The maximum absolute atomic E-state index is 10.6. The number of hydrogen-bond donors (Lipinski definition) is 1. The second-order valence-electron chi connectivity index (χ2n) is 1.51. The number of terminal acetylenes is 1. The van der Waals surface area contributed by atoms with Gasteiger partial charge >= 0.3 is 5.97 Å². The highest BCUT2D eigenvalue weighted by molar-refractivity contribution is 6.23. The lowest BCUT2D eigenvalue weighted by Crippen LogP contribution is -2.12. The third kappa shape index (κ3) is 2.14. The van der Waals surface area contributed by atoms with Gasteiger partial charge in [0.2, 0.25) is 5.78 Å². The topological polar surface area (TPSA) is 63.6 Å². The first-order valence-electron chi connectivity index (χ1n) is 2.61. The molecule has 0 atom stereocenters. The molecule has 0 aliphatic carbocycles. The Kier molecular flexibility index (Phi) is 3.46. The van der Waals surface area contributed by atoms with Crippen LogP contribution >= 0.6 is 0 Å². The van der Waals surface area contributed by atoms with Crippen molar-refractivity contribution in [3.05, 3.63) is 11.8 Å². The maximum Gasteiger partial charge on any atom is 0.345 e. The average Bonchev–Trinajstić information content (AvgIpc) is 2.05. The van der Waals surface area contributed by atoms with E-state index in [-0.39, 0.29) is 0 Å². The van der Waals surface area contributed by atoms with Crippen LogP contribution in [0, 0.1) is 12.3 Å². The number of hydrogen-bond acceptors (Lipinski definition) is 4. The van der Waals surface area contributed by atoms with E-state index in [9.17, 15) is 9.59 Å². The fourth-order valence-corrected chi connectivity index (χ4v) is 0.392. The number of methoxy groups -OCH3 is 1. The Hall–Kier alpha value is -1.76. The first-order chi connectivity index (χ1) is 5.17. The SMILES string of the molecule is C#CC(=O)/C(=C/O)C(=O)OC. The van der Waals surface area contributed by atoms with Gasteiger partial charge in [0.25, 0.3) is 0 Å². The van der Waals surface area contributed by atoms with E-state index < -0.39 is 17.3 Å². The summed E-state index contributed by atoms with van der Waals surface area (Å²) < 4.78 is 4.14. The van der Waals surface area contributed by atoms with Crippen molar-refractivity contribution >= 4 is 11.8 Å². The summed E-state index contributed by atoms with van der Waals surface area (Å²) in [5, 5.41) is 8.35. The number of Topliss-reactive ketones (excluding diaryl/α,β-unsaturated/α-hetero) is 1. The largest absolute Gasteiger partial charge is 0.515 e. The van der Waals surface area contributed by atoms with Crippen molar-refractivity contribution < 1.29 is 19.4 Å². The molecule has 0 spiro atoms. The maximum atomic E-state index is 10.6. The molecule has 0 aromatic carbocycles. The van der Waals surface area contributed by atoms with E-state index in [1.165, 1.54) is 0 Å². The second kappa shape index (κ2) is 4.12. The van der Waals surface area contributed by atoms with Crippen molar-refractivity contribution in [3.63, 3.8) is 0 Å². The van der Waals surface area contributed by atoms with Crippen molar-refractivity contribution in [2.45, 2.75) is 0 Å². The molecule has 58 valence electrons. The molecule has 0 saturated heterocycles. The average molecular weight is 154 g/mol. The lowest BCUT2D eigenvalue weighted by atomic mass is 10.2. The van der Waals surface area contributed by atoms with Crippen LogP contribution in [0.15, 0.2) is 11.8 Å². The third-order valence-corrected chi connectivity index (χ3v) is 0.910. The van der Waals surface area contributed by atoms with Crippen LogP contribution in [0.5, 0.6) is 0 Å². The molecular weight excluding hydrogens is 148 g/mol. The minimum atomic E-state index is -0.949. The number of carbonyl (C=O) groups excluding carboxylic acids is 2. The van der Waals surface area contributed by atoms with Gasteiger partial charge in [-0.3, -0.25) is 4.79 Å². The molecule has 0 amide bonds. The predicted molar refractivity (Wildman–Crippen MR) is 36.6 cm³/mol. The number of aliphatic hydroxyl groups is 1. The van der Waals surface area contributed by atoms with Crippen molar-refractivity contribution in [2.75, 3.05) is 7.11 Å². The van der Waals surface area contributed by atoms with Gasteiger partial charge in [-0.25, -0.2) is 4.79 Å². The van der Waals surface area contributed by atoms with Crippen molar-refractivity contribution in [3.8, 4) is 12.3 Å². The summed E-state index contributed by atoms with van der Waals surface area (Å²) in [5.74, 6) is -0.189. The Labute approximate surface area is 63.5 Å². The van der Waals surface area contributed by atoms with Crippen LogP contribution in [-0.2, 0) is 14.3 Å². The summed E-state index contributed by atoms with van der Waals surface area (Å²) in [6, 6.07) is 0. The molecule has 0 fully saturated rings. The molecule has 0 unspecified atom stereocenters. The molecule has 1 N–H and O–H groups in total. The van der Waals surface area contributed by atoms with Gasteiger partial charge in [0.05, 0.1) is 13.4 Å². The molecule has 0 aliphatic rings. The summed E-state index contributed by atoms with van der Waals surface area (Å²) in [5.41, 5.74) is -0.546. The van der Waals surface area contributed by atoms with Gasteiger partial charge in [-0.15, -0.1) is 6.42 Å². The lowest BCUT2D eigenvalue weighted by Gasteiger charge is -1.96. The van der Waals surface area contributed by atoms with Gasteiger partial charge in [-0.2, -0.15) is 0 Å². The molecule has 11 heavy (non-hydrogen) atoms. The summed E-state index contributed by atoms with van der Waals surface area (Å²) in [6.07, 6.45) is 5.01. The standard InChI is InChI=1S/C7H6O4/c1-3-6(9)5(4-8)7(10)11-2/h1,4,8H,2H3/b5-4-. The Bertz CT molecular complexity index is 244. The quantitative estimate of drug-likeness (QED) is 0.114. The highest BCUT2D eigenvalue weighted by Crippen LogP contribution is 1.96. The summed E-state index contributed by atoms with van der Waals surface area (Å²) in [6.45, 7) is 0. The van der Waals surface area contributed by atoms with Crippen LogP contribution in [-0.4, -0.2) is 24.0 Å². The predicted octanol–water partition coefficient (Wildman–Crippen LogP) is -0.196. The second-order valence-corrected chi connectivity index (χ2v) is 1.51. The van der Waals surface area contributed by atoms with E-state index in [1.54, 1.807) is 5.92 Å². The smallest absolute Gasteiger partial charge is 0.345 e. The molecular formula is C7H6O4. The fourth-order valence-electron chi connectivity index (χ4n) is 0.392. The molecule has 0 rings (SSSR count). The Morgan fingerprint density at radius 3 is 2.45 bits per heavy atom. The third-order valence-electron chi connectivity index (χ3n) is 0.910. The Morgan fingerprint density at radius 1 is 1.64 bits per heavy atom. The molecule has 0 radical (unpaired) electrons. The molecule has 0 saturated carbocycles. The van der Waals surface area contributed by atoms with Gasteiger partial charge in [0, 0.05) is 0 Å². The number of ketones is 1. The van der Waals surface area contributed by atoms with E-state index >= 15 is 0 Å². The van der Waals surface area contributed by atoms with E-state index in [0.717, 1.165) is 7.11 Å². The first-order valence-corrected chi connectivity index (χ1v) is 2.61. The Balaban J connectivity index is 4.61. The fraction of sp³-hybridized carbons (Fsp3) is 0.143. The molecule has 0 aromatic heterocycles. The molecule has 0 aliphatic heterocycles. The zero-order valence-electron chi connectivity index (χ0n) is 5.83. The normalized spacial score (nSPS) is 10.0. The molecule has 4 heteroatoms.